The van der Waals surface area contributed by atoms with E-state index in [1.165, 1.54) is 43.8 Å². The summed E-state index contributed by atoms with van der Waals surface area (Å²) >= 11 is 1.20. The molecule has 0 atom stereocenters. The fourth-order valence-electron chi connectivity index (χ4n) is 2.63. The predicted octanol–water partition coefficient (Wildman–Crippen LogP) is 2.23. The summed E-state index contributed by atoms with van der Waals surface area (Å²) in [5.74, 6) is -0.980. The topological polar surface area (TPSA) is 112 Å². The van der Waals surface area contributed by atoms with E-state index in [2.05, 4.69) is 15.5 Å². The smallest absolute Gasteiger partial charge is 0.337 e. The number of aromatic nitrogens is 3. The number of nitrogens with zero attached hydrogens (tertiary/aromatic N) is 3. The number of anilines is 1. The highest BCUT2D eigenvalue weighted by Crippen LogP contribution is 2.24. The number of hydrogen-bond donors (Lipinski definition) is 1. The fourth-order valence-corrected chi connectivity index (χ4v) is 3.64. The van der Waals surface area contributed by atoms with Gasteiger partial charge in [-0.15, -0.1) is 10.2 Å². The highest BCUT2D eigenvalue weighted by Gasteiger charge is 2.20. The number of hydrogen-bond acceptors (Lipinski definition) is 8. The van der Waals surface area contributed by atoms with Crippen molar-refractivity contribution in [1.29, 1.82) is 0 Å². The Morgan fingerprint density at radius 1 is 1.00 bits per heavy atom. The highest BCUT2D eigenvalue weighted by atomic mass is 32.1. The van der Waals surface area contributed by atoms with Crippen molar-refractivity contribution >= 4 is 39.8 Å². The largest absolute Gasteiger partial charge is 0.465 e. The summed E-state index contributed by atoms with van der Waals surface area (Å²) < 4.78 is 11.2. The number of thiazole rings is 1. The van der Waals surface area contributed by atoms with E-state index in [-0.39, 0.29) is 22.7 Å². The summed E-state index contributed by atoms with van der Waals surface area (Å²) in [7, 11) is 2.46. The summed E-state index contributed by atoms with van der Waals surface area (Å²) in [5.41, 5.74) is 1.21. The molecule has 1 amide bonds. The van der Waals surface area contributed by atoms with Gasteiger partial charge in [-0.2, -0.15) is 0 Å². The molecule has 0 radical (unpaired) electrons. The zero-order valence-electron chi connectivity index (χ0n) is 15.0. The third-order valence-corrected chi connectivity index (χ3v) is 5.02. The van der Waals surface area contributed by atoms with Gasteiger partial charge in [0.1, 0.15) is 10.7 Å². The normalized spacial score (nSPS) is 10.7. The Kier molecular flexibility index (Phi) is 4.91. The maximum atomic E-state index is 12.7. The van der Waals surface area contributed by atoms with Crippen LogP contribution < -0.4 is 5.32 Å². The second-order valence-corrected chi connectivity index (χ2v) is 6.60. The standard InChI is InChI=1S/C17H16N4O5S/c1-8-13(27-17-20-19-9(2)21(8)17)14(22)18-12-6-10(15(23)25-3)5-11(7-12)16(24)26-4/h5-7H,1-4H3,(H,18,22). The van der Waals surface area contributed by atoms with Crippen molar-refractivity contribution in [2.75, 3.05) is 19.5 Å². The van der Waals surface area contributed by atoms with Crippen LogP contribution >= 0.6 is 11.3 Å². The molecule has 0 fully saturated rings. The van der Waals surface area contributed by atoms with Gasteiger partial charge in [0.05, 0.1) is 25.3 Å². The third-order valence-electron chi connectivity index (χ3n) is 3.89. The number of methoxy groups -OCH3 is 2. The van der Waals surface area contributed by atoms with E-state index < -0.39 is 11.9 Å². The molecule has 1 N–H and O–H groups in total. The number of amides is 1. The molecule has 9 nitrogen and oxygen atoms in total. The van der Waals surface area contributed by atoms with Crippen LogP contribution in [0.4, 0.5) is 5.69 Å². The van der Waals surface area contributed by atoms with Crippen LogP contribution in [0.1, 0.15) is 41.9 Å². The van der Waals surface area contributed by atoms with E-state index >= 15 is 0 Å². The van der Waals surface area contributed by atoms with Crippen molar-refractivity contribution in [2.45, 2.75) is 13.8 Å². The van der Waals surface area contributed by atoms with E-state index in [1.807, 2.05) is 0 Å². The Bertz CT molecular complexity index is 1030. The first kappa shape index (κ1) is 18.5. The lowest BCUT2D eigenvalue weighted by atomic mass is 10.1. The monoisotopic (exact) mass is 388 g/mol. The molecule has 0 saturated carbocycles. The van der Waals surface area contributed by atoms with E-state index in [9.17, 15) is 14.4 Å². The Hall–Kier alpha value is -3.27. The van der Waals surface area contributed by atoms with Crippen molar-refractivity contribution in [3.05, 3.63) is 45.7 Å². The predicted molar refractivity (Wildman–Crippen MR) is 97.4 cm³/mol. The van der Waals surface area contributed by atoms with Gasteiger partial charge in [-0.05, 0) is 32.0 Å². The lowest BCUT2D eigenvalue weighted by Gasteiger charge is -2.09. The Morgan fingerprint density at radius 3 is 2.11 bits per heavy atom. The molecule has 0 aliphatic heterocycles. The summed E-state index contributed by atoms with van der Waals surface area (Å²) in [5, 5.41) is 10.7. The second-order valence-electron chi connectivity index (χ2n) is 5.62. The molecule has 0 bridgehead atoms. The number of benzene rings is 1. The molecule has 3 aromatic rings. The molecule has 1 aromatic carbocycles. The van der Waals surface area contributed by atoms with Crippen LogP contribution in [-0.4, -0.2) is 46.7 Å². The average molecular weight is 388 g/mol. The molecular formula is C17H16N4O5S. The van der Waals surface area contributed by atoms with Crippen LogP contribution in [-0.2, 0) is 9.47 Å². The van der Waals surface area contributed by atoms with Gasteiger partial charge in [0.15, 0.2) is 0 Å². The number of ether oxygens (including phenoxy) is 2. The van der Waals surface area contributed by atoms with Crippen molar-refractivity contribution in [3.8, 4) is 0 Å². The van der Waals surface area contributed by atoms with Crippen molar-refractivity contribution in [1.82, 2.24) is 14.6 Å². The van der Waals surface area contributed by atoms with Crippen LogP contribution in [0, 0.1) is 13.8 Å². The van der Waals surface area contributed by atoms with E-state index in [4.69, 9.17) is 9.47 Å². The third kappa shape index (κ3) is 3.38. The molecule has 0 saturated heterocycles. The molecule has 10 heteroatoms. The highest BCUT2D eigenvalue weighted by molar-refractivity contribution is 7.19. The lowest BCUT2D eigenvalue weighted by molar-refractivity contribution is 0.0599. The molecule has 0 unspecified atom stereocenters. The number of fused-ring (bicyclic) bond motifs is 1. The first-order valence-corrected chi connectivity index (χ1v) is 8.61. The van der Waals surface area contributed by atoms with Crippen molar-refractivity contribution in [2.24, 2.45) is 0 Å². The van der Waals surface area contributed by atoms with Gasteiger partial charge in [-0.3, -0.25) is 9.20 Å². The van der Waals surface area contributed by atoms with Gasteiger partial charge < -0.3 is 14.8 Å². The maximum absolute atomic E-state index is 12.7. The molecular weight excluding hydrogens is 372 g/mol. The zero-order valence-corrected chi connectivity index (χ0v) is 15.8. The molecule has 0 aliphatic carbocycles. The summed E-state index contributed by atoms with van der Waals surface area (Å²) in [6, 6.07) is 4.20. The van der Waals surface area contributed by atoms with Crippen LogP contribution in [0.25, 0.3) is 4.96 Å². The number of esters is 2. The van der Waals surface area contributed by atoms with E-state index in [1.54, 1.807) is 18.2 Å². The minimum atomic E-state index is -0.635. The molecule has 140 valence electrons. The van der Waals surface area contributed by atoms with E-state index in [0.717, 1.165) is 0 Å². The lowest BCUT2D eigenvalue weighted by Crippen LogP contribution is -2.14. The molecule has 27 heavy (non-hydrogen) atoms. The minimum absolute atomic E-state index is 0.119. The van der Waals surface area contributed by atoms with Gasteiger partial charge in [-0.1, -0.05) is 11.3 Å². The van der Waals surface area contributed by atoms with Crippen molar-refractivity contribution in [3.63, 3.8) is 0 Å². The number of rotatable bonds is 4. The second kappa shape index (κ2) is 7.16. The number of aryl methyl sites for hydroxylation is 2. The molecule has 0 aliphatic rings. The van der Waals surface area contributed by atoms with Gasteiger partial charge >= 0.3 is 11.9 Å². The number of nitrogens with one attached hydrogen (secondary N) is 1. The molecule has 2 aromatic heterocycles. The van der Waals surface area contributed by atoms with Gasteiger partial charge in [0.2, 0.25) is 4.96 Å². The van der Waals surface area contributed by atoms with Crippen LogP contribution in [0.15, 0.2) is 18.2 Å². The van der Waals surface area contributed by atoms with Crippen molar-refractivity contribution < 1.29 is 23.9 Å². The Labute approximate surface area is 157 Å². The molecule has 2 heterocycles. The summed E-state index contributed by atoms with van der Waals surface area (Å²) in [6.07, 6.45) is 0. The number of carbonyl (C=O) groups excluding carboxylic acids is 3. The van der Waals surface area contributed by atoms with E-state index in [0.29, 0.717) is 21.4 Å². The minimum Gasteiger partial charge on any atom is -0.465 e. The first-order chi connectivity index (χ1) is 12.8. The summed E-state index contributed by atoms with van der Waals surface area (Å²) in [4.78, 5) is 37.5. The quantitative estimate of drug-likeness (QED) is 0.682. The Morgan fingerprint density at radius 2 is 1.59 bits per heavy atom. The Balaban J connectivity index is 1.97. The molecule has 0 spiro atoms. The molecule has 3 rings (SSSR count). The van der Waals surface area contributed by atoms with Crippen LogP contribution in [0.3, 0.4) is 0 Å². The van der Waals surface area contributed by atoms with Crippen LogP contribution in [0.2, 0.25) is 0 Å². The van der Waals surface area contributed by atoms with Crippen LogP contribution in [0.5, 0.6) is 0 Å². The fraction of sp³-hybridized carbons (Fsp3) is 0.235. The SMILES string of the molecule is COC(=O)c1cc(NC(=O)c2sc3nnc(C)n3c2C)cc(C(=O)OC)c1. The van der Waals surface area contributed by atoms with Gasteiger partial charge in [0, 0.05) is 11.4 Å². The zero-order chi connectivity index (χ0) is 19.7. The first-order valence-electron chi connectivity index (χ1n) is 7.80. The maximum Gasteiger partial charge on any atom is 0.337 e. The van der Waals surface area contributed by atoms with Gasteiger partial charge in [-0.25, -0.2) is 9.59 Å². The van der Waals surface area contributed by atoms with Gasteiger partial charge in [0.25, 0.3) is 5.91 Å². The number of carbonyl (C=O) groups is 3. The average Bonchev–Trinajstić information content (AvgIpc) is 3.20. The summed E-state index contributed by atoms with van der Waals surface area (Å²) in [6.45, 7) is 3.59.